The molecule has 0 spiro atoms. The van der Waals surface area contributed by atoms with Crippen LogP contribution in [0.4, 0.5) is 0 Å². The molecule has 0 aromatic carbocycles. The van der Waals surface area contributed by atoms with Gasteiger partial charge in [-0.1, -0.05) is 26.2 Å². The summed E-state index contributed by atoms with van der Waals surface area (Å²) in [7, 11) is 0. The smallest absolute Gasteiger partial charge is 0.0224 e. The minimum Gasteiger partial charge on any atom is -0.313 e. The van der Waals surface area contributed by atoms with E-state index in [-0.39, 0.29) is 0 Å². The largest absolute Gasteiger partial charge is 0.313 e. The van der Waals surface area contributed by atoms with Crippen molar-refractivity contribution in [2.45, 2.75) is 64.5 Å². The van der Waals surface area contributed by atoms with Gasteiger partial charge in [-0.15, -0.1) is 0 Å². The zero-order valence-electron chi connectivity index (χ0n) is 11.0. The molecule has 1 heterocycles. The summed E-state index contributed by atoms with van der Waals surface area (Å²) >= 11 is 0. The van der Waals surface area contributed by atoms with Gasteiger partial charge in [0.25, 0.3) is 0 Å². The normalized spacial score (nSPS) is 35.2. The zero-order valence-corrected chi connectivity index (χ0v) is 11.0. The number of rotatable bonds is 6. The van der Waals surface area contributed by atoms with Gasteiger partial charge in [-0.3, -0.25) is 0 Å². The SMILES string of the molecule is CCCCC(C)NCC1NCC2CCCC21. The van der Waals surface area contributed by atoms with Crippen LogP contribution in [0.2, 0.25) is 0 Å². The molecule has 0 amide bonds. The fourth-order valence-electron chi connectivity index (χ4n) is 3.47. The first-order valence-electron chi connectivity index (χ1n) is 7.28. The van der Waals surface area contributed by atoms with Crippen molar-refractivity contribution in [2.24, 2.45) is 11.8 Å². The Morgan fingerprint density at radius 3 is 3.06 bits per heavy atom. The van der Waals surface area contributed by atoms with Gasteiger partial charge in [0.2, 0.25) is 0 Å². The minimum absolute atomic E-state index is 0.696. The van der Waals surface area contributed by atoms with Crippen molar-refractivity contribution < 1.29 is 0 Å². The van der Waals surface area contributed by atoms with Crippen LogP contribution in [0, 0.1) is 11.8 Å². The van der Waals surface area contributed by atoms with Gasteiger partial charge in [0.05, 0.1) is 0 Å². The van der Waals surface area contributed by atoms with Crippen molar-refractivity contribution in [3.05, 3.63) is 0 Å². The first-order valence-corrected chi connectivity index (χ1v) is 7.28. The van der Waals surface area contributed by atoms with Gasteiger partial charge in [0.1, 0.15) is 0 Å². The van der Waals surface area contributed by atoms with Crippen molar-refractivity contribution in [1.82, 2.24) is 10.6 Å². The van der Waals surface area contributed by atoms with Crippen LogP contribution in [0.1, 0.15) is 52.4 Å². The molecule has 94 valence electrons. The van der Waals surface area contributed by atoms with Crippen molar-refractivity contribution in [2.75, 3.05) is 13.1 Å². The summed E-state index contributed by atoms with van der Waals surface area (Å²) in [5, 5.41) is 7.42. The van der Waals surface area contributed by atoms with Gasteiger partial charge in [0.15, 0.2) is 0 Å². The molecular formula is C14H28N2. The van der Waals surface area contributed by atoms with Crippen LogP contribution in [-0.4, -0.2) is 25.2 Å². The first kappa shape index (κ1) is 12.4. The van der Waals surface area contributed by atoms with E-state index in [0.717, 1.165) is 17.9 Å². The Kier molecular flexibility index (Phi) is 4.66. The lowest BCUT2D eigenvalue weighted by molar-refractivity contribution is 0.372. The molecule has 2 fully saturated rings. The Morgan fingerprint density at radius 2 is 2.25 bits per heavy atom. The van der Waals surface area contributed by atoms with Crippen LogP contribution in [0.3, 0.4) is 0 Å². The molecule has 4 unspecified atom stereocenters. The maximum atomic E-state index is 3.71. The second kappa shape index (κ2) is 6.02. The Morgan fingerprint density at radius 1 is 1.38 bits per heavy atom. The molecule has 0 aromatic rings. The van der Waals surface area contributed by atoms with Crippen molar-refractivity contribution >= 4 is 0 Å². The summed E-state index contributed by atoms with van der Waals surface area (Å²) in [4.78, 5) is 0. The molecule has 16 heavy (non-hydrogen) atoms. The average Bonchev–Trinajstić information content (AvgIpc) is 2.86. The molecule has 1 saturated heterocycles. The summed E-state index contributed by atoms with van der Waals surface area (Å²) < 4.78 is 0. The highest BCUT2D eigenvalue weighted by Crippen LogP contribution is 2.37. The van der Waals surface area contributed by atoms with E-state index >= 15 is 0 Å². The third-order valence-corrected chi connectivity index (χ3v) is 4.55. The highest BCUT2D eigenvalue weighted by Gasteiger charge is 2.38. The van der Waals surface area contributed by atoms with Crippen LogP contribution in [-0.2, 0) is 0 Å². The topological polar surface area (TPSA) is 24.1 Å². The van der Waals surface area contributed by atoms with Gasteiger partial charge < -0.3 is 10.6 Å². The molecule has 1 aliphatic carbocycles. The van der Waals surface area contributed by atoms with E-state index in [2.05, 4.69) is 24.5 Å². The number of hydrogen-bond donors (Lipinski definition) is 2. The van der Waals surface area contributed by atoms with Crippen molar-refractivity contribution in [3.8, 4) is 0 Å². The molecule has 4 atom stereocenters. The lowest BCUT2D eigenvalue weighted by Crippen LogP contribution is -2.41. The highest BCUT2D eigenvalue weighted by molar-refractivity contribution is 4.95. The Labute approximate surface area is 101 Å². The number of hydrogen-bond acceptors (Lipinski definition) is 2. The summed E-state index contributed by atoms with van der Waals surface area (Å²) in [6.45, 7) is 7.07. The molecule has 2 rings (SSSR count). The van der Waals surface area contributed by atoms with Crippen LogP contribution in [0.5, 0.6) is 0 Å². The predicted octanol–water partition coefficient (Wildman–Crippen LogP) is 2.54. The Bertz CT molecular complexity index is 205. The van der Waals surface area contributed by atoms with Gasteiger partial charge in [0, 0.05) is 18.6 Å². The third-order valence-electron chi connectivity index (χ3n) is 4.55. The lowest BCUT2D eigenvalue weighted by Gasteiger charge is -2.21. The lowest BCUT2D eigenvalue weighted by atomic mass is 9.94. The molecule has 2 N–H and O–H groups in total. The molecule has 0 aromatic heterocycles. The third kappa shape index (κ3) is 2.98. The fourth-order valence-corrected chi connectivity index (χ4v) is 3.47. The first-order chi connectivity index (χ1) is 7.81. The van der Waals surface area contributed by atoms with E-state index in [0.29, 0.717) is 6.04 Å². The van der Waals surface area contributed by atoms with E-state index in [9.17, 15) is 0 Å². The number of unbranched alkanes of at least 4 members (excludes halogenated alkanes) is 1. The minimum atomic E-state index is 0.696. The quantitative estimate of drug-likeness (QED) is 0.724. The van der Waals surface area contributed by atoms with Crippen LogP contribution in [0.25, 0.3) is 0 Å². The van der Waals surface area contributed by atoms with Gasteiger partial charge in [-0.2, -0.15) is 0 Å². The van der Waals surface area contributed by atoms with E-state index in [1.54, 1.807) is 0 Å². The number of fused-ring (bicyclic) bond motifs is 1. The summed E-state index contributed by atoms with van der Waals surface area (Å²) in [5.41, 5.74) is 0. The van der Waals surface area contributed by atoms with Crippen LogP contribution < -0.4 is 10.6 Å². The monoisotopic (exact) mass is 224 g/mol. The van der Waals surface area contributed by atoms with E-state index in [4.69, 9.17) is 0 Å². The fraction of sp³-hybridized carbons (Fsp3) is 1.00. The maximum Gasteiger partial charge on any atom is 0.0224 e. The Balaban J connectivity index is 1.66. The van der Waals surface area contributed by atoms with E-state index in [1.165, 1.54) is 51.6 Å². The molecule has 0 radical (unpaired) electrons. The second-order valence-corrected chi connectivity index (χ2v) is 5.82. The maximum absolute atomic E-state index is 3.71. The number of nitrogens with one attached hydrogen (secondary N) is 2. The van der Waals surface area contributed by atoms with Crippen LogP contribution >= 0.6 is 0 Å². The highest BCUT2D eigenvalue weighted by atomic mass is 15.0. The summed E-state index contributed by atoms with van der Waals surface area (Å²) in [6.07, 6.45) is 8.42. The molecule has 2 nitrogen and oxygen atoms in total. The van der Waals surface area contributed by atoms with Gasteiger partial charge in [-0.25, -0.2) is 0 Å². The van der Waals surface area contributed by atoms with E-state index in [1.807, 2.05) is 0 Å². The summed E-state index contributed by atoms with van der Waals surface area (Å²) in [6, 6.07) is 1.46. The second-order valence-electron chi connectivity index (χ2n) is 5.82. The molecule has 1 aliphatic heterocycles. The molecule has 2 aliphatic rings. The molecule has 2 heteroatoms. The van der Waals surface area contributed by atoms with Crippen molar-refractivity contribution in [3.63, 3.8) is 0 Å². The van der Waals surface area contributed by atoms with Crippen molar-refractivity contribution in [1.29, 1.82) is 0 Å². The Hall–Kier alpha value is -0.0800. The average molecular weight is 224 g/mol. The van der Waals surface area contributed by atoms with E-state index < -0.39 is 0 Å². The molecule has 1 saturated carbocycles. The zero-order chi connectivity index (χ0) is 11.4. The van der Waals surface area contributed by atoms with Gasteiger partial charge in [-0.05, 0) is 44.6 Å². The predicted molar refractivity (Wildman–Crippen MR) is 69.6 cm³/mol. The standard InChI is InChI=1S/C14H28N2/c1-3-4-6-11(2)15-10-14-13-8-5-7-12(13)9-16-14/h11-16H,3-10H2,1-2H3. The molecule has 0 bridgehead atoms. The summed E-state index contributed by atoms with van der Waals surface area (Å²) in [5.74, 6) is 1.98. The molecular weight excluding hydrogens is 196 g/mol. The van der Waals surface area contributed by atoms with Gasteiger partial charge >= 0.3 is 0 Å². The van der Waals surface area contributed by atoms with Crippen LogP contribution in [0.15, 0.2) is 0 Å².